The quantitative estimate of drug-likeness (QED) is 0.853. The van der Waals surface area contributed by atoms with Gasteiger partial charge in [-0.2, -0.15) is 0 Å². The molecule has 1 aromatic rings. The minimum absolute atomic E-state index is 0.0867. The Hall–Kier alpha value is -1.38. The lowest BCUT2D eigenvalue weighted by atomic mass is 10.1. The summed E-state index contributed by atoms with van der Waals surface area (Å²) in [6, 6.07) is 1.22. The molecule has 3 rings (SSSR count). The Morgan fingerprint density at radius 2 is 2.19 bits per heavy atom. The first kappa shape index (κ1) is 14.6. The molecule has 116 valence electrons. The molecule has 2 aliphatic heterocycles. The Bertz CT molecular complexity index is 666. The van der Waals surface area contributed by atoms with Gasteiger partial charge in [0, 0.05) is 24.7 Å². The molecule has 3 heterocycles. The number of carboxylic acids is 1. The summed E-state index contributed by atoms with van der Waals surface area (Å²) in [5.41, 5.74) is 0. The Labute approximate surface area is 123 Å². The van der Waals surface area contributed by atoms with Crippen LogP contribution in [0.2, 0.25) is 0 Å². The molecule has 0 saturated carbocycles. The first-order valence-electron chi connectivity index (χ1n) is 6.98. The second-order valence-electron chi connectivity index (χ2n) is 5.60. The van der Waals surface area contributed by atoms with Crippen molar-refractivity contribution in [1.29, 1.82) is 0 Å². The zero-order chi connectivity index (χ0) is 15.2. The largest absolute Gasteiger partial charge is 0.475 e. The van der Waals surface area contributed by atoms with E-state index in [9.17, 15) is 13.2 Å². The van der Waals surface area contributed by atoms with Crippen molar-refractivity contribution >= 4 is 16.0 Å². The number of fused-ring (bicyclic) bond motifs is 1. The van der Waals surface area contributed by atoms with Gasteiger partial charge in [-0.1, -0.05) is 0 Å². The average Bonchev–Trinajstić information content (AvgIpc) is 3.06. The van der Waals surface area contributed by atoms with Gasteiger partial charge >= 0.3 is 5.97 Å². The zero-order valence-corrected chi connectivity index (χ0v) is 12.5. The van der Waals surface area contributed by atoms with E-state index >= 15 is 0 Å². The second kappa shape index (κ2) is 5.11. The van der Waals surface area contributed by atoms with Crippen LogP contribution in [0.5, 0.6) is 0 Å². The Kier molecular flexibility index (Phi) is 3.54. The average molecular weight is 314 g/mol. The lowest BCUT2D eigenvalue weighted by Crippen LogP contribution is -2.42. The Morgan fingerprint density at radius 1 is 1.43 bits per heavy atom. The van der Waals surface area contributed by atoms with E-state index in [1.54, 1.807) is 0 Å². The van der Waals surface area contributed by atoms with Gasteiger partial charge in [0.15, 0.2) is 0 Å². The maximum atomic E-state index is 12.5. The summed E-state index contributed by atoms with van der Waals surface area (Å²) in [6.45, 7) is 3.39. The van der Waals surface area contributed by atoms with Gasteiger partial charge in [0.1, 0.15) is 10.7 Å². The number of carboxylic acid groups (broad SMARTS) is 1. The number of aryl methyl sites for hydroxylation is 1. The summed E-state index contributed by atoms with van der Waals surface area (Å²) in [7, 11) is -3.76. The van der Waals surface area contributed by atoms with Crippen molar-refractivity contribution in [2.75, 3.05) is 13.1 Å². The normalized spacial score (nSPS) is 26.1. The third-order valence-electron chi connectivity index (χ3n) is 4.29. The van der Waals surface area contributed by atoms with Crippen LogP contribution in [0.25, 0.3) is 0 Å². The zero-order valence-electron chi connectivity index (χ0n) is 11.7. The van der Waals surface area contributed by atoms with Gasteiger partial charge in [0.2, 0.25) is 15.8 Å². The number of hydrogen-bond donors (Lipinski definition) is 2. The lowest BCUT2D eigenvalue weighted by molar-refractivity contribution is 0.0661. The molecule has 0 aromatic carbocycles. The Morgan fingerprint density at radius 3 is 2.86 bits per heavy atom. The van der Waals surface area contributed by atoms with Crippen molar-refractivity contribution < 1.29 is 22.7 Å². The minimum atomic E-state index is -3.76. The van der Waals surface area contributed by atoms with E-state index < -0.39 is 16.0 Å². The fourth-order valence-corrected chi connectivity index (χ4v) is 4.80. The highest BCUT2D eigenvalue weighted by Crippen LogP contribution is 2.29. The molecule has 2 N–H and O–H groups in total. The summed E-state index contributed by atoms with van der Waals surface area (Å²) in [5.74, 6) is -1.54. The summed E-state index contributed by atoms with van der Waals surface area (Å²) in [4.78, 5) is 13.1. The number of rotatable bonds is 4. The predicted octanol–water partition coefficient (Wildman–Crippen LogP) is 0.801. The molecule has 0 amide bonds. The predicted molar refractivity (Wildman–Crippen MR) is 73.7 cm³/mol. The highest BCUT2D eigenvalue weighted by Gasteiger charge is 2.39. The molecule has 2 fully saturated rings. The molecule has 2 atom stereocenters. The molecule has 7 nitrogen and oxygen atoms in total. The van der Waals surface area contributed by atoms with E-state index in [0.29, 0.717) is 0 Å². The molecule has 0 aliphatic carbocycles. The minimum Gasteiger partial charge on any atom is -0.475 e. The summed E-state index contributed by atoms with van der Waals surface area (Å²) in [5, 5.41) is 8.88. The van der Waals surface area contributed by atoms with Crippen LogP contribution in [0.1, 0.15) is 35.6 Å². The van der Waals surface area contributed by atoms with Gasteiger partial charge in [-0.15, -0.1) is 0 Å². The third-order valence-corrected chi connectivity index (χ3v) is 5.88. The van der Waals surface area contributed by atoms with Crippen LogP contribution in [-0.4, -0.2) is 49.6 Å². The maximum Gasteiger partial charge on any atom is 0.371 e. The number of nitrogens with one attached hydrogen (secondary N) is 1. The molecule has 8 heteroatoms. The van der Waals surface area contributed by atoms with Crippen LogP contribution in [0.3, 0.4) is 0 Å². The number of carbonyl (C=O) groups is 1. The number of hydrogen-bond acceptors (Lipinski definition) is 5. The molecule has 0 spiro atoms. The van der Waals surface area contributed by atoms with E-state index in [2.05, 4.69) is 9.62 Å². The highest BCUT2D eigenvalue weighted by molar-refractivity contribution is 7.89. The molecule has 1 aromatic heterocycles. The molecule has 21 heavy (non-hydrogen) atoms. The lowest BCUT2D eigenvalue weighted by Gasteiger charge is -2.20. The van der Waals surface area contributed by atoms with Gasteiger partial charge < -0.3 is 9.52 Å². The van der Waals surface area contributed by atoms with Crippen LogP contribution in [0.15, 0.2) is 15.4 Å². The van der Waals surface area contributed by atoms with E-state index in [0.717, 1.165) is 38.4 Å². The van der Waals surface area contributed by atoms with Crippen molar-refractivity contribution in [3.05, 3.63) is 17.6 Å². The van der Waals surface area contributed by atoms with Gasteiger partial charge in [0.25, 0.3) is 0 Å². The topological polar surface area (TPSA) is 99.8 Å². The SMILES string of the molecule is Cc1oc(C(=O)O)cc1S(=O)(=O)NC1CCN2CCCC12. The number of furan rings is 1. The first-order valence-corrected chi connectivity index (χ1v) is 8.47. The summed E-state index contributed by atoms with van der Waals surface area (Å²) in [6.07, 6.45) is 2.88. The van der Waals surface area contributed by atoms with Gasteiger partial charge in [0.05, 0.1) is 0 Å². The second-order valence-corrected chi connectivity index (χ2v) is 7.28. The molecule has 2 unspecified atom stereocenters. The third kappa shape index (κ3) is 2.58. The van der Waals surface area contributed by atoms with Crippen molar-refractivity contribution in [2.45, 2.75) is 43.2 Å². The summed E-state index contributed by atoms with van der Waals surface area (Å²) < 4.78 is 32.6. The first-order chi connectivity index (χ1) is 9.88. The van der Waals surface area contributed by atoms with Crippen LogP contribution >= 0.6 is 0 Å². The fraction of sp³-hybridized carbons (Fsp3) is 0.615. The maximum absolute atomic E-state index is 12.5. The van der Waals surface area contributed by atoms with Gasteiger partial charge in [-0.05, 0) is 32.7 Å². The number of nitrogens with zero attached hydrogens (tertiary/aromatic N) is 1. The van der Waals surface area contributed by atoms with E-state index in [-0.39, 0.29) is 28.5 Å². The van der Waals surface area contributed by atoms with Crippen molar-refractivity contribution in [3.63, 3.8) is 0 Å². The Balaban J connectivity index is 1.82. The molecule has 2 saturated heterocycles. The molecule has 0 radical (unpaired) electrons. The van der Waals surface area contributed by atoms with Crippen molar-refractivity contribution in [2.24, 2.45) is 0 Å². The van der Waals surface area contributed by atoms with E-state index in [4.69, 9.17) is 9.52 Å². The fourth-order valence-electron chi connectivity index (χ4n) is 3.32. The molecular weight excluding hydrogens is 296 g/mol. The van der Waals surface area contributed by atoms with Crippen molar-refractivity contribution in [3.8, 4) is 0 Å². The smallest absolute Gasteiger partial charge is 0.371 e. The van der Waals surface area contributed by atoms with Crippen LogP contribution in [0.4, 0.5) is 0 Å². The molecular formula is C13H18N2O5S. The summed E-state index contributed by atoms with van der Waals surface area (Å²) >= 11 is 0. The van der Waals surface area contributed by atoms with Gasteiger partial charge in [-0.3, -0.25) is 4.90 Å². The molecule has 2 aliphatic rings. The molecule has 0 bridgehead atoms. The van der Waals surface area contributed by atoms with Crippen LogP contribution in [0, 0.1) is 6.92 Å². The van der Waals surface area contributed by atoms with Gasteiger partial charge in [-0.25, -0.2) is 17.9 Å². The van der Waals surface area contributed by atoms with Crippen LogP contribution in [-0.2, 0) is 10.0 Å². The highest BCUT2D eigenvalue weighted by atomic mass is 32.2. The number of sulfonamides is 1. The van der Waals surface area contributed by atoms with Crippen LogP contribution < -0.4 is 4.72 Å². The van der Waals surface area contributed by atoms with E-state index in [1.807, 2.05) is 0 Å². The monoisotopic (exact) mass is 314 g/mol. The number of aromatic carboxylic acids is 1. The van der Waals surface area contributed by atoms with E-state index in [1.165, 1.54) is 6.92 Å². The standard InChI is InChI=1S/C13H18N2O5S/c1-8-12(7-11(20-8)13(16)17)21(18,19)14-9-4-6-15-5-2-3-10(9)15/h7,9-10,14H,2-6H2,1H3,(H,16,17). The van der Waals surface area contributed by atoms with Crippen molar-refractivity contribution in [1.82, 2.24) is 9.62 Å².